The maximum Gasteiger partial charge on any atom is 0.241 e. The van der Waals surface area contributed by atoms with Gasteiger partial charge in [0.25, 0.3) is 0 Å². The van der Waals surface area contributed by atoms with E-state index in [0.717, 1.165) is 13.1 Å². The van der Waals surface area contributed by atoms with Crippen LogP contribution in [0, 0.1) is 5.41 Å². The number of rotatable bonds is 3. The molecule has 1 amide bonds. The highest BCUT2D eigenvalue weighted by Crippen LogP contribution is 2.28. The normalized spacial score (nSPS) is 19.6. The molecule has 0 radical (unpaired) electrons. The van der Waals surface area contributed by atoms with Gasteiger partial charge in [0.05, 0.1) is 18.6 Å². The third kappa shape index (κ3) is 2.93. The van der Waals surface area contributed by atoms with Gasteiger partial charge in [0.2, 0.25) is 5.91 Å². The van der Waals surface area contributed by atoms with Crippen molar-refractivity contribution >= 4 is 5.91 Å². The molecular formula is C11H23N3O2. The lowest BCUT2D eigenvalue weighted by Crippen LogP contribution is -2.59. The van der Waals surface area contributed by atoms with Gasteiger partial charge in [0.1, 0.15) is 0 Å². The summed E-state index contributed by atoms with van der Waals surface area (Å²) in [6.45, 7) is 10.2. The van der Waals surface area contributed by atoms with E-state index in [4.69, 9.17) is 10.5 Å². The van der Waals surface area contributed by atoms with E-state index in [0.29, 0.717) is 13.2 Å². The summed E-state index contributed by atoms with van der Waals surface area (Å²) in [6, 6.07) is 0. The average Bonchev–Trinajstić information content (AvgIpc) is 2.17. The maximum absolute atomic E-state index is 12.1. The Morgan fingerprint density at radius 1 is 1.25 bits per heavy atom. The number of nitrogens with one attached hydrogen (secondary N) is 1. The summed E-state index contributed by atoms with van der Waals surface area (Å²) in [7, 11) is 0. The molecule has 5 heteroatoms. The second-order valence-corrected chi connectivity index (χ2v) is 5.39. The highest BCUT2D eigenvalue weighted by Gasteiger charge is 2.41. The van der Waals surface area contributed by atoms with Gasteiger partial charge >= 0.3 is 0 Å². The molecule has 0 spiro atoms. The molecule has 0 aromatic rings. The summed E-state index contributed by atoms with van der Waals surface area (Å²) < 4.78 is 5.22. The molecule has 5 nitrogen and oxygen atoms in total. The highest BCUT2D eigenvalue weighted by atomic mass is 16.5. The Balaban J connectivity index is 2.57. The van der Waals surface area contributed by atoms with E-state index in [2.05, 4.69) is 5.43 Å². The van der Waals surface area contributed by atoms with Gasteiger partial charge in [0.15, 0.2) is 0 Å². The first-order valence-corrected chi connectivity index (χ1v) is 5.68. The van der Waals surface area contributed by atoms with Crippen LogP contribution in [0.1, 0.15) is 27.7 Å². The van der Waals surface area contributed by atoms with E-state index < -0.39 is 11.0 Å². The predicted octanol–water partition coefficient (Wildman–Crippen LogP) is 0.113. The van der Waals surface area contributed by atoms with Crippen molar-refractivity contribution in [1.82, 2.24) is 10.4 Å². The van der Waals surface area contributed by atoms with Gasteiger partial charge in [-0.25, -0.2) is 5.01 Å². The molecule has 3 N–H and O–H groups in total. The summed E-state index contributed by atoms with van der Waals surface area (Å²) in [4.78, 5) is 12.1. The van der Waals surface area contributed by atoms with Crippen molar-refractivity contribution in [2.75, 3.05) is 26.3 Å². The number of nitrogens with two attached hydrogens (primary N) is 1. The molecule has 0 aromatic heterocycles. The maximum atomic E-state index is 12.1. The molecule has 94 valence electrons. The van der Waals surface area contributed by atoms with Crippen molar-refractivity contribution in [3.63, 3.8) is 0 Å². The molecule has 16 heavy (non-hydrogen) atoms. The minimum absolute atomic E-state index is 0.0399. The van der Waals surface area contributed by atoms with E-state index in [1.165, 1.54) is 0 Å². The molecule has 1 heterocycles. The van der Waals surface area contributed by atoms with Crippen LogP contribution in [0.15, 0.2) is 0 Å². The van der Waals surface area contributed by atoms with Gasteiger partial charge in [-0.15, -0.1) is 0 Å². The second-order valence-electron chi connectivity index (χ2n) is 5.39. The lowest BCUT2D eigenvalue weighted by Gasteiger charge is -2.39. The van der Waals surface area contributed by atoms with E-state index >= 15 is 0 Å². The summed E-state index contributed by atoms with van der Waals surface area (Å²) in [5.41, 5.74) is 7.76. The number of hydrogen-bond acceptors (Lipinski definition) is 4. The van der Waals surface area contributed by atoms with E-state index in [1.807, 2.05) is 32.7 Å². The number of hydrazine groups is 1. The fourth-order valence-electron chi connectivity index (χ4n) is 1.25. The Labute approximate surface area is 97.3 Å². The molecule has 0 unspecified atom stereocenters. The molecule has 1 aliphatic heterocycles. The van der Waals surface area contributed by atoms with Crippen LogP contribution in [0.5, 0.6) is 0 Å². The molecule has 1 saturated heterocycles. The van der Waals surface area contributed by atoms with Crippen molar-refractivity contribution in [3.8, 4) is 0 Å². The predicted molar refractivity (Wildman–Crippen MR) is 62.6 cm³/mol. The van der Waals surface area contributed by atoms with Crippen LogP contribution in [-0.2, 0) is 9.53 Å². The number of carbonyl (C=O) groups excluding carboxylic acids is 1. The van der Waals surface area contributed by atoms with Crippen molar-refractivity contribution in [3.05, 3.63) is 0 Å². The van der Waals surface area contributed by atoms with Crippen LogP contribution in [-0.4, -0.2) is 42.8 Å². The first kappa shape index (κ1) is 13.4. The van der Waals surface area contributed by atoms with E-state index in [-0.39, 0.29) is 5.91 Å². The number of carbonyl (C=O) groups is 1. The number of morpholine rings is 1. The number of ether oxygens (including phenoxy) is 1. The van der Waals surface area contributed by atoms with Gasteiger partial charge < -0.3 is 10.5 Å². The van der Waals surface area contributed by atoms with Crippen LogP contribution in [0.25, 0.3) is 0 Å². The highest BCUT2D eigenvalue weighted by molar-refractivity contribution is 5.82. The molecule has 1 aliphatic rings. The lowest BCUT2D eigenvalue weighted by atomic mass is 9.74. The number of nitrogens with zero attached hydrogens (tertiary/aromatic N) is 1. The average molecular weight is 229 g/mol. The van der Waals surface area contributed by atoms with Crippen LogP contribution in [0.3, 0.4) is 0 Å². The second kappa shape index (κ2) is 4.69. The molecule has 0 saturated carbocycles. The minimum Gasteiger partial charge on any atom is -0.379 e. The summed E-state index contributed by atoms with van der Waals surface area (Å²) >= 11 is 0. The zero-order chi connectivity index (χ0) is 12.4. The summed E-state index contributed by atoms with van der Waals surface area (Å²) in [6.07, 6.45) is 0. The van der Waals surface area contributed by atoms with Gasteiger partial charge in [-0.3, -0.25) is 10.2 Å². The Morgan fingerprint density at radius 2 is 1.75 bits per heavy atom. The zero-order valence-electron chi connectivity index (χ0n) is 10.7. The van der Waals surface area contributed by atoms with Crippen LogP contribution >= 0.6 is 0 Å². The van der Waals surface area contributed by atoms with Crippen LogP contribution < -0.4 is 11.2 Å². The van der Waals surface area contributed by atoms with Crippen molar-refractivity contribution in [1.29, 1.82) is 0 Å². The van der Waals surface area contributed by atoms with Crippen LogP contribution in [0.2, 0.25) is 0 Å². The third-order valence-electron chi connectivity index (χ3n) is 3.45. The Kier molecular flexibility index (Phi) is 3.93. The molecule has 0 bridgehead atoms. The topological polar surface area (TPSA) is 67.6 Å². The van der Waals surface area contributed by atoms with Crippen molar-refractivity contribution in [2.24, 2.45) is 11.1 Å². The monoisotopic (exact) mass is 229 g/mol. The minimum atomic E-state index is -0.606. The fourth-order valence-corrected chi connectivity index (χ4v) is 1.25. The van der Waals surface area contributed by atoms with E-state index in [9.17, 15) is 4.79 Å². The lowest BCUT2D eigenvalue weighted by molar-refractivity contribution is -0.139. The van der Waals surface area contributed by atoms with E-state index in [1.54, 1.807) is 0 Å². The van der Waals surface area contributed by atoms with Crippen molar-refractivity contribution < 1.29 is 9.53 Å². The first-order valence-electron chi connectivity index (χ1n) is 5.68. The van der Waals surface area contributed by atoms with Crippen LogP contribution in [0.4, 0.5) is 0 Å². The first-order chi connectivity index (χ1) is 7.25. The molecule has 1 rings (SSSR count). The largest absolute Gasteiger partial charge is 0.379 e. The molecule has 0 aliphatic carbocycles. The Morgan fingerprint density at radius 3 is 2.19 bits per heavy atom. The SMILES string of the molecule is CC(C)(N)C(C)(C)C(=O)NN1CCOCC1. The number of hydrogen-bond donors (Lipinski definition) is 2. The molecule has 1 fully saturated rings. The number of amides is 1. The van der Waals surface area contributed by atoms with Gasteiger partial charge in [-0.1, -0.05) is 0 Å². The Bertz CT molecular complexity index is 252. The molecule has 0 atom stereocenters. The van der Waals surface area contributed by atoms with Crippen molar-refractivity contribution in [2.45, 2.75) is 33.2 Å². The quantitative estimate of drug-likeness (QED) is 0.721. The standard InChI is InChI=1S/C11H23N3O2/c1-10(2,11(3,4)12)9(15)13-14-5-7-16-8-6-14/h5-8,12H2,1-4H3,(H,13,15). The van der Waals surface area contributed by atoms with Gasteiger partial charge in [0, 0.05) is 18.6 Å². The smallest absolute Gasteiger partial charge is 0.241 e. The van der Waals surface area contributed by atoms with Gasteiger partial charge in [-0.2, -0.15) is 0 Å². The summed E-state index contributed by atoms with van der Waals surface area (Å²) in [5.74, 6) is -0.0399. The zero-order valence-corrected chi connectivity index (χ0v) is 10.7. The summed E-state index contributed by atoms with van der Waals surface area (Å²) in [5, 5.41) is 1.89. The third-order valence-corrected chi connectivity index (χ3v) is 3.45. The molecule has 0 aromatic carbocycles. The fraction of sp³-hybridized carbons (Fsp3) is 0.909. The molecular weight excluding hydrogens is 206 g/mol. The Hall–Kier alpha value is -0.650. The van der Waals surface area contributed by atoms with Gasteiger partial charge in [-0.05, 0) is 27.7 Å².